The van der Waals surface area contributed by atoms with Crippen LogP contribution >= 0.6 is 0 Å². The van der Waals surface area contributed by atoms with Crippen LogP contribution < -0.4 is 9.46 Å². The lowest BCUT2D eigenvalue weighted by molar-refractivity contribution is 0.415. The Hall–Kier alpha value is -3.12. The van der Waals surface area contributed by atoms with E-state index in [9.17, 15) is 8.42 Å². The highest BCUT2D eigenvalue weighted by Crippen LogP contribution is 2.29. The topological polar surface area (TPSA) is 67.8 Å². The summed E-state index contributed by atoms with van der Waals surface area (Å²) in [6, 6.07) is 18.3. The van der Waals surface area contributed by atoms with Crippen molar-refractivity contribution in [3.63, 3.8) is 0 Å². The lowest BCUT2D eigenvalue weighted by Gasteiger charge is -2.15. The summed E-state index contributed by atoms with van der Waals surface area (Å²) in [6.45, 7) is 5.57. The van der Waals surface area contributed by atoms with Gasteiger partial charge in [0, 0.05) is 6.21 Å². The molecule has 29 heavy (non-hydrogen) atoms. The third kappa shape index (κ3) is 4.84. The molecule has 0 radical (unpaired) electrons. The van der Waals surface area contributed by atoms with E-state index >= 15 is 0 Å². The molecule has 0 aliphatic rings. The van der Waals surface area contributed by atoms with Gasteiger partial charge in [0.2, 0.25) is 0 Å². The Morgan fingerprint density at radius 3 is 2.17 bits per heavy atom. The Morgan fingerprint density at radius 2 is 1.55 bits per heavy atom. The molecule has 0 unspecified atom stereocenters. The molecule has 0 aliphatic heterocycles. The average molecular weight is 409 g/mol. The van der Waals surface area contributed by atoms with Crippen LogP contribution in [-0.4, -0.2) is 21.7 Å². The van der Waals surface area contributed by atoms with Crippen LogP contribution in [0.5, 0.6) is 5.75 Å². The summed E-state index contributed by atoms with van der Waals surface area (Å²) in [5.74, 6) is 0.763. The average Bonchev–Trinajstić information content (AvgIpc) is 2.66. The molecule has 0 bridgehead atoms. The summed E-state index contributed by atoms with van der Waals surface area (Å²) in [5, 5.41) is 0. The lowest BCUT2D eigenvalue weighted by atomic mass is 10.1. The van der Waals surface area contributed by atoms with Crippen LogP contribution in [-0.2, 0) is 10.0 Å². The molecular formula is C23H24N2O3S. The molecule has 3 aromatic carbocycles. The Labute approximate surface area is 172 Å². The zero-order valence-corrected chi connectivity index (χ0v) is 17.7. The molecule has 0 aliphatic carbocycles. The third-order valence-electron chi connectivity index (χ3n) is 4.49. The monoisotopic (exact) mass is 408 g/mol. The van der Waals surface area contributed by atoms with E-state index in [1.807, 2.05) is 63.2 Å². The quantitative estimate of drug-likeness (QED) is 0.572. The third-order valence-corrected chi connectivity index (χ3v) is 6.16. The zero-order chi connectivity index (χ0) is 21.0. The summed E-state index contributed by atoms with van der Waals surface area (Å²) in [6.07, 6.45) is 1.69. The van der Waals surface area contributed by atoms with Crippen molar-refractivity contribution < 1.29 is 13.2 Å². The molecule has 0 amide bonds. The molecule has 5 nitrogen and oxygen atoms in total. The van der Waals surface area contributed by atoms with Crippen LogP contribution in [0.2, 0.25) is 0 Å². The fraction of sp³-hybridized carbons (Fsp3) is 0.174. The predicted molar refractivity (Wildman–Crippen MR) is 118 cm³/mol. The minimum Gasteiger partial charge on any atom is -0.497 e. The molecule has 3 aromatic rings. The van der Waals surface area contributed by atoms with Gasteiger partial charge in [-0.1, -0.05) is 29.8 Å². The van der Waals surface area contributed by atoms with Crippen LogP contribution in [0, 0.1) is 20.8 Å². The van der Waals surface area contributed by atoms with Gasteiger partial charge in [-0.3, -0.25) is 9.71 Å². The van der Waals surface area contributed by atoms with Gasteiger partial charge >= 0.3 is 0 Å². The van der Waals surface area contributed by atoms with Crippen molar-refractivity contribution in [1.82, 2.24) is 0 Å². The molecule has 0 saturated carbocycles. The summed E-state index contributed by atoms with van der Waals surface area (Å²) in [4.78, 5) is 4.78. The van der Waals surface area contributed by atoms with Gasteiger partial charge in [0.1, 0.15) is 5.75 Å². The van der Waals surface area contributed by atoms with Gasteiger partial charge in [0.25, 0.3) is 10.0 Å². The zero-order valence-electron chi connectivity index (χ0n) is 16.9. The van der Waals surface area contributed by atoms with Gasteiger partial charge in [0.05, 0.1) is 23.4 Å². The number of methoxy groups -OCH3 is 1. The van der Waals surface area contributed by atoms with Crippen molar-refractivity contribution in [2.75, 3.05) is 11.8 Å². The number of ether oxygens (including phenoxy) is 1. The number of nitrogens with zero attached hydrogens (tertiary/aromatic N) is 1. The number of para-hydroxylation sites is 2. The number of rotatable bonds is 6. The molecule has 3 rings (SSSR count). The minimum atomic E-state index is -3.75. The number of benzene rings is 3. The fourth-order valence-corrected chi connectivity index (χ4v) is 4.82. The number of hydrogen-bond donors (Lipinski definition) is 1. The van der Waals surface area contributed by atoms with Crippen molar-refractivity contribution in [2.45, 2.75) is 25.7 Å². The summed E-state index contributed by atoms with van der Waals surface area (Å²) in [5.41, 5.74) is 4.31. The second-order valence-corrected chi connectivity index (χ2v) is 8.50. The van der Waals surface area contributed by atoms with E-state index in [-0.39, 0.29) is 0 Å². The van der Waals surface area contributed by atoms with E-state index in [1.54, 1.807) is 31.5 Å². The van der Waals surface area contributed by atoms with Crippen molar-refractivity contribution >= 4 is 27.6 Å². The Kier molecular flexibility index (Phi) is 6.03. The molecule has 0 atom stereocenters. The summed E-state index contributed by atoms with van der Waals surface area (Å²) in [7, 11) is -2.13. The predicted octanol–water partition coefficient (Wildman–Crippen LogP) is 5.17. The van der Waals surface area contributed by atoms with Gasteiger partial charge < -0.3 is 4.74 Å². The van der Waals surface area contributed by atoms with Crippen LogP contribution in [0.1, 0.15) is 22.3 Å². The number of anilines is 1. The van der Waals surface area contributed by atoms with Crippen LogP contribution in [0.4, 0.5) is 11.4 Å². The van der Waals surface area contributed by atoms with E-state index in [2.05, 4.69) is 9.71 Å². The van der Waals surface area contributed by atoms with Gasteiger partial charge in [0.15, 0.2) is 0 Å². The van der Waals surface area contributed by atoms with Crippen molar-refractivity contribution in [3.8, 4) is 5.75 Å². The molecule has 6 heteroatoms. The Bertz CT molecular complexity index is 1130. The van der Waals surface area contributed by atoms with E-state index in [1.165, 1.54) is 0 Å². The second kappa shape index (κ2) is 8.49. The highest BCUT2D eigenvalue weighted by molar-refractivity contribution is 7.92. The highest BCUT2D eigenvalue weighted by atomic mass is 32.2. The van der Waals surface area contributed by atoms with E-state index in [0.29, 0.717) is 27.4 Å². The number of sulfonamides is 1. The smallest absolute Gasteiger partial charge is 0.262 e. The standard InChI is InChI=1S/C23H24N2O3S/c1-16-13-17(2)23(18(3)14-16)29(26,27)25-22-8-6-5-7-21(22)24-15-19-9-11-20(28-4)12-10-19/h5-15,25H,1-4H3. The first-order chi connectivity index (χ1) is 13.8. The molecule has 0 saturated heterocycles. The highest BCUT2D eigenvalue weighted by Gasteiger charge is 2.21. The van der Waals surface area contributed by atoms with E-state index in [0.717, 1.165) is 16.9 Å². The summed E-state index contributed by atoms with van der Waals surface area (Å²) >= 11 is 0. The molecule has 0 heterocycles. The molecular weight excluding hydrogens is 384 g/mol. The number of aliphatic imine (C=N–C) groups is 1. The molecule has 0 fully saturated rings. The largest absolute Gasteiger partial charge is 0.497 e. The van der Waals surface area contributed by atoms with E-state index < -0.39 is 10.0 Å². The maximum Gasteiger partial charge on any atom is 0.262 e. The van der Waals surface area contributed by atoms with Gasteiger partial charge in [-0.2, -0.15) is 0 Å². The van der Waals surface area contributed by atoms with E-state index in [4.69, 9.17) is 4.74 Å². The van der Waals surface area contributed by atoms with Crippen LogP contribution in [0.15, 0.2) is 70.6 Å². The number of hydrogen-bond acceptors (Lipinski definition) is 4. The maximum absolute atomic E-state index is 13.1. The maximum atomic E-state index is 13.1. The summed E-state index contributed by atoms with van der Waals surface area (Å²) < 4.78 is 34.0. The molecule has 0 spiro atoms. The molecule has 150 valence electrons. The molecule has 0 aromatic heterocycles. The first kappa shape index (κ1) is 20.6. The number of nitrogens with one attached hydrogen (secondary N) is 1. The van der Waals surface area contributed by atoms with Gasteiger partial charge in [-0.25, -0.2) is 8.42 Å². The second-order valence-electron chi connectivity index (χ2n) is 6.88. The van der Waals surface area contributed by atoms with Gasteiger partial charge in [-0.05, 0) is 73.9 Å². The van der Waals surface area contributed by atoms with Crippen molar-refractivity contribution in [3.05, 3.63) is 82.9 Å². The van der Waals surface area contributed by atoms with Gasteiger partial charge in [-0.15, -0.1) is 0 Å². The Balaban J connectivity index is 1.92. The SMILES string of the molecule is COc1ccc(C=Nc2ccccc2NS(=O)(=O)c2c(C)cc(C)cc2C)cc1. The normalized spacial score (nSPS) is 11.6. The van der Waals surface area contributed by atoms with Crippen LogP contribution in [0.25, 0.3) is 0 Å². The van der Waals surface area contributed by atoms with Crippen LogP contribution in [0.3, 0.4) is 0 Å². The first-order valence-corrected chi connectivity index (χ1v) is 10.7. The molecule has 1 N–H and O–H groups in total. The lowest BCUT2D eigenvalue weighted by Crippen LogP contribution is -2.16. The minimum absolute atomic E-state index is 0.303. The Morgan fingerprint density at radius 1 is 0.931 bits per heavy atom. The first-order valence-electron chi connectivity index (χ1n) is 9.18. The number of aryl methyl sites for hydroxylation is 3. The van der Waals surface area contributed by atoms with Crippen molar-refractivity contribution in [2.24, 2.45) is 4.99 Å². The fourth-order valence-electron chi connectivity index (χ4n) is 3.29. The van der Waals surface area contributed by atoms with Crippen molar-refractivity contribution in [1.29, 1.82) is 0 Å².